The number of amides is 1. The molecule has 0 saturated heterocycles. The summed E-state index contributed by atoms with van der Waals surface area (Å²) in [5, 5.41) is 24.3. The molecular weight excluding hydrogens is 290 g/mol. The van der Waals surface area contributed by atoms with Gasteiger partial charge in [-0.3, -0.25) is 4.79 Å². The van der Waals surface area contributed by atoms with E-state index in [2.05, 4.69) is 10.6 Å². The summed E-state index contributed by atoms with van der Waals surface area (Å²) < 4.78 is 0. The van der Waals surface area contributed by atoms with E-state index in [0.29, 0.717) is 12.0 Å². The number of nitrogens with zero attached hydrogens (tertiary/aromatic N) is 1. The number of aliphatic hydroxyl groups excluding tert-OH is 1. The summed E-state index contributed by atoms with van der Waals surface area (Å²) in [6.07, 6.45) is -0.110. The maximum absolute atomic E-state index is 11.8. The first-order valence-electron chi connectivity index (χ1n) is 7.40. The van der Waals surface area contributed by atoms with Gasteiger partial charge in [-0.15, -0.1) is 0 Å². The van der Waals surface area contributed by atoms with Gasteiger partial charge in [-0.1, -0.05) is 30.3 Å². The van der Waals surface area contributed by atoms with Crippen LogP contribution in [0.5, 0.6) is 0 Å². The van der Waals surface area contributed by atoms with Crippen LogP contribution in [-0.4, -0.2) is 30.2 Å². The van der Waals surface area contributed by atoms with Crippen LogP contribution in [0.4, 0.5) is 5.69 Å². The summed E-state index contributed by atoms with van der Waals surface area (Å²) in [6, 6.07) is 18.5. The van der Waals surface area contributed by atoms with Gasteiger partial charge in [0.15, 0.2) is 0 Å². The molecule has 0 aliphatic carbocycles. The molecule has 0 bridgehead atoms. The number of hydrogen-bond acceptors (Lipinski definition) is 4. The zero-order chi connectivity index (χ0) is 16.5. The van der Waals surface area contributed by atoms with E-state index < -0.39 is 6.10 Å². The standard InChI is InChI=1S/C18H19N3O2/c19-11-15-6-8-16(9-7-15)20-13-18(23)21-12-17(22)10-14-4-2-1-3-5-14/h1-9,17,20,22H,10,12-13H2,(H,21,23). The molecule has 2 aromatic rings. The van der Waals surface area contributed by atoms with Crippen molar-refractivity contribution >= 4 is 11.6 Å². The Hall–Kier alpha value is -2.84. The predicted octanol–water partition coefficient (Wildman–Crippen LogP) is 1.69. The van der Waals surface area contributed by atoms with Crippen molar-refractivity contribution in [3.05, 3.63) is 65.7 Å². The fraction of sp³-hybridized carbons (Fsp3) is 0.222. The van der Waals surface area contributed by atoms with Crippen LogP contribution in [0.3, 0.4) is 0 Å². The molecular formula is C18H19N3O2. The first-order chi connectivity index (χ1) is 11.2. The number of anilines is 1. The smallest absolute Gasteiger partial charge is 0.239 e. The number of carbonyl (C=O) groups is 1. The average Bonchev–Trinajstić information content (AvgIpc) is 2.59. The highest BCUT2D eigenvalue weighted by Gasteiger charge is 2.08. The van der Waals surface area contributed by atoms with Crippen molar-refractivity contribution in [1.82, 2.24) is 5.32 Å². The minimum absolute atomic E-state index is 0.115. The van der Waals surface area contributed by atoms with Crippen molar-refractivity contribution in [3.63, 3.8) is 0 Å². The van der Waals surface area contributed by atoms with Gasteiger partial charge in [0.1, 0.15) is 0 Å². The summed E-state index contributed by atoms with van der Waals surface area (Å²) >= 11 is 0. The summed E-state index contributed by atoms with van der Waals surface area (Å²) in [5.74, 6) is -0.193. The molecule has 1 unspecified atom stereocenters. The number of hydrogen-bond donors (Lipinski definition) is 3. The lowest BCUT2D eigenvalue weighted by atomic mass is 10.1. The SMILES string of the molecule is N#Cc1ccc(NCC(=O)NCC(O)Cc2ccccc2)cc1. The molecule has 23 heavy (non-hydrogen) atoms. The molecule has 0 aromatic heterocycles. The molecule has 3 N–H and O–H groups in total. The van der Waals surface area contributed by atoms with Crippen LogP contribution < -0.4 is 10.6 Å². The van der Waals surface area contributed by atoms with Gasteiger partial charge in [0, 0.05) is 18.7 Å². The summed E-state index contributed by atoms with van der Waals surface area (Å²) in [7, 11) is 0. The Morgan fingerprint density at radius 3 is 2.48 bits per heavy atom. The van der Waals surface area contributed by atoms with E-state index in [1.165, 1.54) is 0 Å². The lowest BCUT2D eigenvalue weighted by Gasteiger charge is -2.12. The Labute approximate surface area is 135 Å². The molecule has 5 nitrogen and oxygen atoms in total. The van der Waals surface area contributed by atoms with Gasteiger partial charge in [0.25, 0.3) is 0 Å². The number of carbonyl (C=O) groups excluding carboxylic acids is 1. The number of aliphatic hydroxyl groups is 1. The lowest BCUT2D eigenvalue weighted by Crippen LogP contribution is -2.36. The number of benzene rings is 2. The second-order valence-corrected chi connectivity index (χ2v) is 5.19. The topological polar surface area (TPSA) is 85.2 Å². The minimum atomic E-state index is -0.615. The highest BCUT2D eigenvalue weighted by Crippen LogP contribution is 2.08. The Morgan fingerprint density at radius 2 is 1.83 bits per heavy atom. The number of nitrogens with one attached hydrogen (secondary N) is 2. The van der Waals surface area contributed by atoms with Crippen molar-refractivity contribution in [1.29, 1.82) is 5.26 Å². The first kappa shape index (κ1) is 16.5. The van der Waals surface area contributed by atoms with Crippen LogP contribution in [0.15, 0.2) is 54.6 Å². The molecule has 0 radical (unpaired) electrons. The molecule has 2 aromatic carbocycles. The fourth-order valence-electron chi connectivity index (χ4n) is 2.10. The van der Waals surface area contributed by atoms with Crippen LogP contribution in [0.25, 0.3) is 0 Å². The van der Waals surface area contributed by atoms with Gasteiger partial charge in [-0.25, -0.2) is 0 Å². The quantitative estimate of drug-likeness (QED) is 0.726. The van der Waals surface area contributed by atoms with Crippen LogP contribution in [-0.2, 0) is 11.2 Å². The van der Waals surface area contributed by atoms with Crippen molar-refractivity contribution < 1.29 is 9.90 Å². The maximum atomic E-state index is 11.8. The summed E-state index contributed by atoms with van der Waals surface area (Å²) in [4.78, 5) is 11.8. The zero-order valence-electron chi connectivity index (χ0n) is 12.7. The van der Waals surface area contributed by atoms with Crippen LogP contribution >= 0.6 is 0 Å². The molecule has 0 aliphatic rings. The van der Waals surface area contributed by atoms with Gasteiger partial charge in [0.2, 0.25) is 5.91 Å². The molecule has 0 heterocycles. The molecule has 1 amide bonds. The Kier molecular flexibility index (Phi) is 6.16. The summed E-state index contributed by atoms with van der Waals surface area (Å²) in [5.41, 5.74) is 2.37. The largest absolute Gasteiger partial charge is 0.391 e. The van der Waals surface area contributed by atoms with Crippen molar-refractivity contribution in [2.75, 3.05) is 18.4 Å². The Morgan fingerprint density at radius 1 is 1.13 bits per heavy atom. The van der Waals surface area contributed by atoms with Gasteiger partial charge in [-0.05, 0) is 29.8 Å². The van der Waals surface area contributed by atoms with E-state index in [1.807, 2.05) is 36.4 Å². The third-order valence-electron chi connectivity index (χ3n) is 3.32. The fourth-order valence-corrected chi connectivity index (χ4v) is 2.10. The van der Waals surface area contributed by atoms with Crippen molar-refractivity contribution in [2.24, 2.45) is 0 Å². The molecule has 0 fully saturated rings. The van der Waals surface area contributed by atoms with E-state index in [4.69, 9.17) is 5.26 Å². The highest BCUT2D eigenvalue weighted by atomic mass is 16.3. The molecule has 0 aliphatic heterocycles. The van der Waals surface area contributed by atoms with Crippen LogP contribution in [0.2, 0.25) is 0 Å². The second kappa shape index (κ2) is 8.57. The lowest BCUT2D eigenvalue weighted by molar-refractivity contribution is -0.119. The summed E-state index contributed by atoms with van der Waals surface area (Å²) in [6.45, 7) is 0.326. The molecule has 1 atom stereocenters. The van der Waals surface area contributed by atoms with Gasteiger partial charge in [-0.2, -0.15) is 5.26 Å². The van der Waals surface area contributed by atoms with Crippen LogP contribution in [0.1, 0.15) is 11.1 Å². The van der Waals surface area contributed by atoms with E-state index in [1.54, 1.807) is 24.3 Å². The van der Waals surface area contributed by atoms with E-state index >= 15 is 0 Å². The maximum Gasteiger partial charge on any atom is 0.239 e. The molecule has 2 rings (SSSR count). The van der Waals surface area contributed by atoms with E-state index in [9.17, 15) is 9.90 Å². The average molecular weight is 309 g/mol. The Balaban J connectivity index is 1.69. The molecule has 5 heteroatoms. The van der Waals surface area contributed by atoms with Crippen LogP contribution in [0, 0.1) is 11.3 Å². The molecule has 0 spiro atoms. The number of nitriles is 1. The normalized spacial score (nSPS) is 11.3. The minimum Gasteiger partial charge on any atom is -0.391 e. The van der Waals surface area contributed by atoms with Crippen molar-refractivity contribution in [3.8, 4) is 6.07 Å². The zero-order valence-corrected chi connectivity index (χ0v) is 12.7. The van der Waals surface area contributed by atoms with E-state index in [-0.39, 0.29) is 19.0 Å². The predicted molar refractivity (Wildman–Crippen MR) is 88.8 cm³/mol. The monoisotopic (exact) mass is 309 g/mol. The van der Waals surface area contributed by atoms with Gasteiger partial charge < -0.3 is 15.7 Å². The molecule has 0 saturated carbocycles. The van der Waals surface area contributed by atoms with Crippen molar-refractivity contribution in [2.45, 2.75) is 12.5 Å². The third kappa shape index (κ3) is 5.81. The molecule has 118 valence electrons. The number of rotatable bonds is 7. The van der Waals surface area contributed by atoms with Gasteiger partial charge in [0.05, 0.1) is 24.3 Å². The first-order valence-corrected chi connectivity index (χ1v) is 7.40. The Bertz CT molecular complexity index is 663. The van der Waals surface area contributed by atoms with Gasteiger partial charge >= 0.3 is 0 Å². The highest BCUT2D eigenvalue weighted by molar-refractivity contribution is 5.80. The second-order valence-electron chi connectivity index (χ2n) is 5.19. The third-order valence-corrected chi connectivity index (χ3v) is 3.32. The van der Waals surface area contributed by atoms with E-state index in [0.717, 1.165) is 11.3 Å².